The second-order valence-electron chi connectivity index (χ2n) is 6.42. The van der Waals surface area contributed by atoms with Gasteiger partial charge in [0.2, 0.25) is 0 Å². The Balaban J connectivity index is 3.89. The molecule has 0 aromatic carbocycles. The lowest BCUT2D eigenvalue weighted by Gasteiger charge is -2.19. The fraction of sp³-hybridized carbons (Fsp3) is 0.944. The topological polar surface area (TPSA) is 55.8 Å². The molecule has 2 atom stereocenters. The Bertz CT molecular complexity index is 264. The van der Waals surface area contributed by atoms with Crippen molar-refractivity contribution in [3.63, 3.8) is 0 Å². The average Bonchev–Trinajstić information content (AvgIpc) is 2.43. The molecule has 4 nitrogen and oxygen atoms in total. The number of ether oxygens (including phenoxy) is 2. The number of hydrogen-bond donors (Lipinski definition) is 1. The third kappa shape index (κ3) is 13.1. The highest BCUT2D eigenvalue weighted by Crippen LogP contribution is 2.13. The molecule has 0 amide bonds. The van der Waals surface area contributed by atoms with Gasteiger partial charge in [-0.1, -0.05) is 58.3 Å². The van der Waals surface area contributed by atoms with Crippen LogP contribution >= 0.6 is 0 Å². The van der Waals surface area contributed by atoms with E-state index in [0.29, 0.717) is 6.42 Å². The lowest BCUT2D eigenvalue weighted by molar-refractivity contribution is -0.163. The number of esters is 1. The summed E-state index contributed by atoms with van der Waals surface area (Å²) >= 11 is 0. The number of unbranched alkanes of at least 4 members (excludes halogenated alkanes) is 7. The zero-order valence-electron chi connectivity index (χ0n) is 15.0. The smallest absolute Gasteiger partial charge is 0.335 e. The minimum Gasteiger partial charge on any atom is -0.461 e. The van der Waals surface area contributed by atoms with Crippen molar-refractivity contribution in [3.05, 3.63) is 0 Å². The van der Waals surface area contributed by atoms with Crippen LogP contribution in [0.1, 0.15) is 85.5 Å². The van der Waals surface area contributed by atoms with Crippen molar-refractivity contribution in [2.45, 2.75) is 104 Å². The molecule has 0 radical (unpaired) electrons. The molecule has 0 rings (SSSR count). The van der Waals surface area contributed by atoms with Gasteiger partial charge >= 0.3 is 5.97 Å². The Kier molecular flexibility index (Phi) is 13.6. The van der Waals surface area contributed by atoms with Crippen molar-refractivity contribution < 1.29 is 19.4 Å². The monoisotopic (exact) mass is 316 g/mol. The Hall–Kier alpha value is -0.610. The first-order valence-corrected chi connectivity index (χ1v) is 8.97. The molecule has 0 bridgehead atoms. The van der Waals surface area contributed by atoms with E-state index >= 15 is 0 Å². The largest absolute Gasteiger partial charge is 0.461 e. The fourth-order valence-corrected chi connectivity index (χ4v) is 2.30. The Morgan fingerprint density at radius 3 is 2.00 bits per heavy atom. The number of hydrogen-bond acceptors (Lipinski definition) is 4. The molecule has 2 unspecified atom stereocenters. The van der Waals surface area contributed by atoms with E-state index in [1.54, 1.807) is 6.92 Å². The molecule has 0 spiro atoms. The van der Waals surface area contributed by atoms with Gasteiger partial charge in [-0.15, -0.1) is 0 Å². The van der Waals surface area contributed by atoms with Gasteiger partial charge in [0.05, 0.1) is 18.8 Å². The quantitative estimate of drug-likeness (QED) is 0.385. The third-order valence-corrected chi connectivity index (χ3v) is 3.47. The molecule has 1 N–H and O–H groups in total. The summed E-state index contributed by atoms with van der Waals surface area (Å²) in [5.41, 5.74) is 0. The van der Waals surface area contributed by atoms with Crippen molar-refractivity contribution in [2.24, 2.45) is 0 Å². The highest BCUT2D eigenvalue weighted by atomic mass is 16.6. The van der Waals surface area contributed by atoms with Gasteiger partial charge in [-0.2, -0.15) is 0 Å². The molecule has 0 aliphatic carbocycles. The molecule has 0 aliphatic rings. The lowest BCUT2D eigenvalue weighted by atomic mass is 10.1. The van der Waals surface area contributed by atoms with Crippen LogP contribution in [0.4, 0.5) is 0 Å². The number of carbonyl (C=O) groups excluding carboxylic acids is 1. The van der Waals surface area contributed by atoms with Crippen LogP contribution in [0, 0.1) is 0 Å². The molecule has 0 aromatic heterocycles. The molecule has 0 aromatic rings. The number of carbonyl (C=O) groups is 1. The van der Waals surface area contributed by atoms with Crippen LogP contribution in [0.15, 0.2) is 0 Å². The zero-order valence-corrected chi connectivity index (χ0v) is 15.0. The van der Waals surface area contributed by atoms with Crippen molar-refractivity contribution in [1.82, 2.24) is 0 Å². The summed E-state index contributed by atoms with van der Waals surface area (Å²) in [7, 11) is 0. The average molecular weight is 316 g/mol. The minimum absolute atomic E-state index is 0.135. The molecule has 0 heterocycles. The van der Waals surface area contributed by atoms with Crippen LogP contribution in [0.2, 0.25) is 0 Å². The Morgan fingerprint density at radius 1 is 0.955 bits per heavy atom. The SMILES string of the molecule is CCCCCCCCCCC(OCC(C)O)C(=O)OC(C)C. The summed E-state index contributed by atoms with van der Waals surface area (Å²) in [5.74, 6) is -0.307. The van der Waals surface area contributed by atoms with Gasteiger partial charge in [0.1, 0.15) is 0 Å². The molecule has 132 valence electrons. The van der Waals surface area contributed by atoms with Crippen molar-refractivity contribution >= 4 is 5.97 Å². The van der Waals surface area contributed by atoms with Crippen LogP contribution in [-0.2, 0) is 14.3 Å². The molecule has 0 saturated carbocycles. The number of aliphatic hydroxyl groups excluding tert-OH is 1. The van der Waals surface area contributed by atoms with Crippen LogP contribution < -0.4 is 0 Å². The van der Waals surface area contributed by atoms with E-state index in [0.717, 1.165) is 12.8 Å². The summed E-state index contributed by atoms with van der Waals surface area (Å²) in [4.78, 5) is 12.0. The van der Waals surface area contributed by atoms with Gasteiger partial charge in [-0.25, -0.2) is 4.79 Å². The Morgan fingerprint density at radius 2 is 1.50 bits per heavy atom. The second-order valence-corrected chi connectivity index (χ2v) is 6.42. The predicted octanol–water partition coefficient (Wildman–Crippen LogP) is 4.23. The molecular formula is C18H36O4. The van der Waals surface area contributed by atoms with Gasteiger partial charge in [-0.3, -0.25) is 0 Å². The fourth-order valence-electron chi connectivity index (χ4n) is 2.30. The maximum absolute atomic E-state index is 12.0. The normalized spacial score (nSPS) is 14.1. The summed E-state index contributed by atoms with van der Waals surface area (Å²) in [6.45, 7) is 7.72. The lowest BCUT2D eigenvalue weighted by Crippen LogP contribution is -2.31. The first kappa shape index (κ1) is 21.4. The third-order valence-electron chi connectivity index (χ3n) is 3.47. The molecule has 0 saturated heterocycles. The molecule has 0 aliphatic heterocycles. The summed E-state index contributed by atoms with van der Waals surface area (Å²) < 4.78 is 10.7. The van der Waals surface area contributed by atoms with Crippen LogP contribution in [-0.4, -0.2) is 36.0 Å². The van der Waals surface area contributed by atoms with Crippen LogP contribution in [0.25, 0.3) is 0 Å². The highest BCUT2D eigenvalue weighted by molar-refractivity contribution is 5.74. The molecule has 4 heteroatoms. The summed E-state index contributed by atoms with van der Waals surface area (Å²) in [6.07, 6.45) is 9.25. The van der Waals surface area contributed by atoms with Crippen molar-refractivity contribution in [2.75, 3.05) is 6.61 Å². The van der Waals surface area contributed by atoms with E-state index in [-0.39, 0.29) is 18.7 Å². The number of rotatable bonds is 14. The van der Waals surface area contributed by atoms with Gasteiger partial charge in [0, 0.05) is 0 Å². The van der Waals surface area contributed by atoms with E-state index < -0.39 is 12.2 Å². The van der Waals surface area contributed by atoms with E-state index in [2.05, 4.69) is 6.92 Å². The summed E-state index contributed by atoms with van der Waals surface area (Å²) in [5, 5.41) is 9.30. The van der Waals surface area contributed by atoms with Crippen LogP contribution in [0.5, 0.6) is 0 Å². The molecular weight excluding hydrogens is 280 g/mol. The van der Waals surface area contributed by atoms with Crippen LogP contribution in [0.3, 0.4) is 0 Å². The Labute approximate surface area is 136 Å². The predicted molar refractivity (Wildman–Crippen MR) is 89.9 cm³/mol. The maximum Gasteiger partial charge on any atom is 0.335 e. The van der Waals surface area contributed by atoms with Crippen molar-refractivity contribution in [3.8, 4) is 0 Å². The molecule has 0 fully saturated rings. The van der Waals surface area contributed by atoms with Gasteiger partial charge in [0.25, 0.3) is 0 Å². The van der Waals surface area contributed by atoms with E-state index in [1.807, 2.05) is 13.8 Å². The van der Waals surface area contributed by atoms with Gasteiger partial charge in [-0.05, 0) is 27.2 Å². The molecule has 22 heavy (non-hydrogen) atoms. The second kappa shape index (κ2) is 14.0. The van der Waals surface area contributed by atoms with Crippen molar-refractivity contribution in [1.29, 1.82) is 0 Å². The van der Waals surface area contributed by atoms with Gasteiger partial charge < -0.3 is 14.6 Å². The van der Waals surface area contributed by atoms with E-state index in [4.69, 9.17) is 9.47 Å². The first-order valence-electron chi connectivity index (χ1n) is 8.97. The highest BCUT2D eigenvalue weighted by Gasteiger charge is 2.22. The van der Waals surface area contributed by atoms with E-state index in [9.17, 15) is 9.90 Å². The minimum atomic E-state index is -0.562. The standard InChI is InChI=1S/C18H36O4/c1-5-6-7-8-9-10-11-12-13-17(21-14-16(4)19)18(20)22-15(2)3/h15-17,19H,5-14H2,1-4H3. The van der Waals surface area contributed by atoms with Gasteiger partial charge in [0.15, 0.2) is 6.10 Å². The van der Waals surface area contributed by atoms with E-state index in [1.165, 1.54) is 38.5 Å². The first-order chi connectivity index (χ1) is 10.5. The zero-order chi connectivity index (χ0) is 16.8. The number of aliphatic hydroxyl groups is 1. The summed E-state index contributed by atoms with van der Waals surface area (Å²) in [6, 6.07) is 0. The maximum atomic E-state index is 12.0.